The van der Waals surface area contributed by atoms with Gasteiger partial charge in [-0.15, -0.1) is 0 Å². The van der Waals surface area contributed by atoms with Crippen molar-refractivity contribution in [2.24, 2.45) is 0 Å². The Balaban J connectivity index is 1.83. The van der Waals surface area contributed by atoms with E-state index in [-0.39, 0.29) is 11.7 Å². The number of benzene rings is 2. The van der Waals surface area contributed by atoms with Crippen molar-refractivity contribution >= 4 is 56.7 Å². The minimum atomic E-state index is -0.506. The van der Waals surface area contributed by atoms with Crippen LogP contribution in [-0.4, -0.2) is 30.1 Å². The second kappa shape index (κ2) is 10.8. The highest BCUT2D eigenvalue weighted by molar-refractivity contribution is 9.10. The fraction of sp³-hybridized carbons (Fsp3) is 0.167. The maximum Gasteiger partial charge on any atom is 0.276 e. The van der Waals surface area contributed by atoms with Gasteiger partial charge in [-0.05, 0) is 49.5 Å². The van der Waals surface area contributed by atoms with Crippen molar-refractivity contribution in [1.29, 1.82) is 0 Å². The Morgan fingerprint density at radius 1 is 1.11 bits per heavy atom. The van der Waals surface area contributed by atoms with E-state index in [0.29, 0.717) is 33.2 Å². The molecule has 0 atom stereocenters. The number of halogens is 2. The molecule has 0 radical (unpaired) electrons. The van der Waals surface area contributed by atoms with Gasteiger partial charge in [0.05, 0.1) is 17.2 Å². The fourth-order valence-electron chi connectivity index (χ4n) is 2.03. The molecule has 2 amide bonds. The van der Waals surface area contributed by atoms with Crippen LogP contribution in [0.15, 0.2) is 46.9 Å². The number of ether oxygens (including phenoxy) is 2. The summed E-state index contributed by atoms with van der Waals surface area (Å²) < 4.78 is 11.4. The molecule has 10 heteroatoms. The highest BCUT2D eigenvalue weighted by atomic mass is 79.9. The quantitative estimate of drug-likeness (QED) is 0.429. The van der Waals surface area contributed by atoms with Gasteiger partial charge in [0.25, 0.3) is 11.8 Å². The molecule has 0 aliphatic rings. The van der Waals surface area contributed by atoms with Crippen LogP contribution in [0.5, 0.6) is 11.5 Å². The van der Waals surface area contributed by atoms with Crippen molar-refractivity contribution < 1.29 is 19.1 Å². The van der Waals surface area contributed by atoms with Gasteiger partial charge in [-0.25, -0.2) is 0 Å². The van der Waals surface area contributed by atoms with Gasteiger partial charge in [0, 0.05) is 4.47 Å². The molecule has 0 aromatic heterocycles. The normalized spacial score (nSPS) is 9.96. The lowest BCUT2D eigenvalue weighted by Crippen LogP contribution is -2.49. The first-order valence-corrected chi connectivity index (χ1v) is 9.68. The van der Waals surface area contributed by atoms with Crippen LogP contribution in [0.1, 0.15) is 17.3 Å². The van der Waals surface area contributed by atoms with Gasteiger partial charge in [0.15, 0.2) is 11.7 Å². The molecule has 2 aromatic rings. The van der Waals surface area contributed by atoms with E-state index in [1.165, 1.54) is 0 Å². The number of carbonyl (C=O) groups excluding carboxylic acids is 2. The van der Waals surface area contributed by atoms with Crippen LogP contribution >= 0.6 is 39.7 Å². The number of amides is 2. The second-order valence-corrected chi connectivity index (χ2v) is 6.98. The molecule has 0 heterocycles. The van der Waals surface area contributed by atoms with Crippen LogP contribution in [0.2, 0.25) is 5.02 Å². The smallest absolute Gasteiger partial charge is 0.276 e. The SMILES string of the molecule is CCOc1ccc(Br)cc1C(=O)NC(=S)NNC(=O)COc1ccccc1Cl. The molecular weight excluding hydrogens is 470 g/mol. The summed E-state index contributed by atoms with van der Waals surface area (Å²) in [4.78, 5) is 24.2. The summed E-state index contributed by atoms with van der Waals surface area (Å²) in [7, 11) is 0. The molecule has 0 saturated heterocycles. The molecule has 0 unspecified atom stereocenters. The van der Waals surface area contributed by atoms with Crippen molar-refractivity contribution in [3.63, 3.8) is 0 Å². The monoisotopic (exact) mass is 485 g/mol. The largest absolute Gasteiger partial charge is 0.493 e. The van der Waals surface area contributed by atoms with E-state index in [1.807, 2.05) is 6.92 Å². The molecule has 0 fully saturated rings. The predicted molar refractivity (Wildman–Crippen MR) is 114 cm³/mol. The van der Waals surface area contributed by atoms with Crippen molar-refractivity contribution in [3.05, 3.63) is 57.5 Å². The molecule has 0 aliphatic heterocycles. The summed E-state index contributed by atoms with van der Waals surface area (Å²) in [5.41, 5.74) is 5.06. The third kappa shape index (κ3) is 6.66. The first-order chi connectivity index (χ1) is 13.4. The van der Waals surface area contributed by atoms with Crippen molar-refractivity contribution in [2.45, 2.75) is 6.92 Å². The molecule has 0 aliphatic carbocycles. The third-order valence-corrected chi connectivity index (χ3v) is 4.23. The van der Waals surface area contributed by atoms with Crippen LogP contribution in [0, 0.1) is 0 Å². The Hall–Kier alpha value is -2.36. The number of thiocarbonyl (C=S) groups is 1. The Kier molecular flexibility index (Phi) is 8.49. The highest BCUT2D eigenvalue weighted by Gasteiger charge is 2.15. The number of hydrogen-bond acceptors (Lipinski definition) is 5. The molecule has 2 aromatic carbocycles. The van der Waals surface area contributed by atoms with Crippen LogP contribution in [-0.2, 0) is 4.79 Å². The number of hydrazine groups is 1. The average molecular weight is 487 g/mol. The summed E-state index contributed by atoms with van der Waals surface area (Å²) in [5.74, 6) is -0.186. The van der Waals surface area contributed by atoms with Crippen LogP contribution < -0.4 is 25.6 Å². The van der Waals surface area contributed by atoms with Gasteiger partial charge < -0.3 is 9.47 Å². The molecule has 0 spiro atoms. The summed E-state index contributed by atoms with van der Waals surface area (Å²) in [6.45, 7) is 1.94. The van der Waals surface area contributed by atoms with E-state index in [0.717, 1.165) is 0 Å². The zero-order valence-corrected chi connectivity index (χ0v) is 17.9. The van der Waals surface area contributed by atoms with E-state index in [1.54, 1.807) is 42.5 Å². The van der Waals surface area contributed by atoms with Gasteiger partial charge in [-0.3, -0.25) is 25.8 Å². The number of nitrogens with one attached hydrogen (secondary N) is 3. The standard InChI is InChI=1S/C18H17BrClN3O4S/c1-2-26-14-8-7-11(19)9-12(14)17(25)21-18(28)23-22-16(24)10-27-15-6-4-3-5-13(15)20/h3-9H,2,10H2,1H3,(H,22,24)(H2,21,23,25,28). The van der Waals surface area contributed by atoms with Gasteiger partial charge in [-0.2, -0.15) is 0 Å². The summed E-state index contributed by atoms with van der Waals surface area (Å²) >= 11 is 14.3. The highest BCUT2D eigenvalue weighted by Crippen LogP contribution is 2.23. The molecule has 7 nitrogen and oxygen atoms in total. The summed E-state index contributed by atoms with van der Waals surface area (Å²) in [6.07, 6.45) is 0. The van der Waals surface area contributed by atoms with Crippen molar-refractivity contribution in [2.75, 3.05) is 13.2 Å². The van der Waals surface area contributed by atoms with Gasteiger partial charge in [0.1, 0.15) is 11.5 Å². The molecule has 148 valence electrons. The fourth-order valence-corrected chi connectivity index (χ4v) is 2.73. The Bertz CT molecular complexity index is 882. The number of rotatable bonds is 6. The Morgan fingerprint density at radius 3 is 2.57 bits per heavy atom. The zero-order chi connectivity index (χ0) is 20.5. The molecule has 28 heavy (non-hydrogen) atoms. The van der Waals surface area contributed by atoms with Crippen molar-refractivity contribution in [3.8, 4) is 11.5 Å². The molecule has 0 saturated carbocycles. The maximum atomic E-state index is 12.4. The minimum Gasteiger partial charge on any atom is -0.493 e. The van der Waals surface area contributed by atoms with E-state index >= 15 is 0 Å². The summed E-state index contributed by atoms with van der Waals surface area (Å²) in [5, 5.41) is 2.77. The Labute approximate surface area is 180 Å². The van der Waals surface area contributed by atoms with Crippen LogP contribution in [0.3, 0.4) is 0 Å². The molecule has 2 rings (SSSR count). The lowest BCUT2D eigenvalue weighted by Gasteiger charge is -2.13. The molecular formula is C18H17BrClN3O4S. The van der Waals surface area contributed by atoms with Crippen molar-refractivity contribution in [1.82, 2.24) is 16.2 Å². The van der Waals surface area contributed by atoms with E-state index in [4.69, 9.17) is 33.3 Å². The Morgan fingerprint density at radius 2 is 1.86 bits per heavy atom. The first kappa shape index (κ1) is 21.9. The molecule has 0 bridgehead atoms. The topological polar surface area (TPSA) is 88.7 Å². The zero-order valence-electron chi connectivity index (χ0n) is 14.8. The van der Waals surface area contributed by atoms with E-state index in [9.17, 15) is 9.59 Å². The number of hydrogen-bond donors (Lipinski definition) is 3. The number of carbonyl (C=O) groups is 2. The van der Waals surface area contributed by atoms with Gasteiger partial charge in [0.2, 0.25) is 0 Å². The van der Waals surface area contributed by atoms with Crippen LogP contribution in [0.25, 0.3) is 0 Å². The lowest BCUT2D eigenvalue weighted by atomic mass is 10.2. The molecule has 3 N–H and O–H groups in total. The lowest BCUT2D eigenvalue weighted by molar-refractivity contribution is -0.123. The first-order valence-electron chi connectivity index (χ1n) is 8.10. The van der Waals surface area contributed by atoms with E-state index in [2.05, 4.69) is 32.1 Å². The summed E-state index contributed by atoms with van der Waals surface area (Å²) in [6, 6.07) is 11.8. The second-order valence-electron chi connectivity index (χ2n) is 5.25. The van der Waals surface area contributed by atoms with E-state index < -0.39 is 11.8 Å². The predicted octanol–water partition coefficient (Wildman–Crippen LogP) is 3.22. The average Bonchev–Trinajstić information content (AvgIpc) is 2.67. The maximum absolute atomic E-state index is 12.4. The van der Waals surface area contributed by atoms with Gasteiger partial charge in [-0.1, -0.05) is 39.7 Å². The number of para-hydroxylation sites is 1. The third-order valence-electron chi connectivity index (χ3n) is 3.22. The van der Waals surface area contributed by atoms with Crippen LogP contribution in [0.4, 0.5) is 0 Å². The van der Waals surface area contributed by atoms with Gasteiger partial charge >= 0.3 is 0 Å². The minimum absolute atomic E-state index is 0.0847.